The molecule has 0 radical (unpaired) electrons. The van der Waals surface area contributed by atoms with Gasteiger partial charge in [-0.1, -0.05) is 0 Å². The summed E-state index contributed by atoms with van der Waals surface area (Å²) in [5, 5.41) is 7.77. The van der Waals surface area contributed by atoms with E-state index in [2.05, 4.69) is 44.6 Å². The minimum absolute atomic E-state index is 0.419. The number of hydrogen-bond acceptors (Lipinski definition) is 3. The van der Waals surface area contributed by atoms with Gasteiger partial charge in [-0.15, -0.1) is 0 Å². The van der Waals surface area contributed by atoms with Gasteiger partial charge in [0.25, 0.3) is 0 Å². The van der Waals surface area contributed by atoms with Crippen molar-refractivity contribution in [3.05, 3.63) is 36.7 Å². The van der Waals surface area contributed by atoms with E-state index < -0.39 is 0 Å². The highest BCUT2D eigenvalue weighted by molar-refractivity contribution is 5.01. The molecule has 2 heterocycles. The molecule has 0 aliphatic rings. The molecule has 0 unspecified atom stereocenters. The minimum atomic E-state index is 0.419. The topological polar surface area (TPSA) is 47.7 Å². The van der Waals surface area contributed by atoms with Gasteiger partial charge in [-0.3, -0.25) is 4.68 Å². The molecule has 0 amide bonds. The lowest BCUT2D eigenvalue weighted by Crippen LogP contribution is -2.19. The van der Waals surface area contributed by atoms with Crippen LogP contribution >= 0.6 is 0 Å². The van der Waals surface area contributed by atoms with Gasteiger partial charge >= 0.3 is 0 Å². The first-order chi connectivity index (χ1) is 8.77. The van der Waals surface area contributed by atoms with Crippen LogP contribution in [0.5, 0.6) is 0 Å². The van der Waals surface area contributed by atoms with Crippen LogP contribution in [0.15, 0.2) is 31.0 Å². The van der Waals surface area contributed by atoms with E-state index in [9.17, 15) is 0 Å². The van der Waals surface area contributed by atoms with Gasteiger partial charge in [0, 0.05) is 37.7 Å². The fourth-order valence-corrected chi connectivity index (χ4v) is 1.97. The molecule has 0 spiro atoms. The smallest absolute Gasteiger partial charge is 0.0945 e. The largest absolute Gasteiger partial charge is 0.337 e. The van der Waals surface area contributed by atoms with Crippen LogP contribution in [0, 0.1) is 0 Å². The first-order valence-corrected chi connectivity index (χ1v) is 6.46. The zero-order chi connectivity index (χ0) is 12.8. The second-order valence-corrected chi connectivity index (χ2v) is 4.69. The molecule has 1 N–H and O–H groups in total. The predicted molar refractivity (Wildman–Crippen MR) is 71.2 cm³/mol. The molecule has 0 aromatic carbocycles. The third-order valence-corrected chi connectivity index (χ3v) is 2.88. The van der Waals surface area contributed by atoms with Crippen LogP contribution < -0.4 is 5.32 Å². The summed E-state index contributed by atoms with van der Waals surface area (Å²) in [5.41, 5.74) is 1.24. The highest BCUT2D eigenvalue weighted by atomic mass is 15.3. The van der Waals surface area contributed by atoms with E-state index in [1.807, 2.05) is 24.9 Å². The highest BCUT2D eigenvalue weighted by Crippen LogP contribution is 2.07. The average Bonchev–Trinajstić information content (AvgIpc) is 2.98. The van der Waals surface area contributed by atoms with Crippen molar-refractivity contribution in [2.24, 2.45) is 0 Å². The van der Waals surface area contributed by atoms with E-state index in [4.69, 9.17) is 0 Å². The fourth-order valence-electron chi connectivity index (χ4n) is 1.97. The molecule has 0 saturated heterocycles. The van der Waals surface area contributed by atoms with Gasteiger partial charge in [0.05, 0.1) is 12.0 Å². The predicted octanol–water partition coefficient (Wildman–Crippen LogP) is 1.84. The molecule has 0 aliphatic heterocycles. The number of imidazole rings is 1. The van der Waals surface area contributed by atoms with Crippen molar-refractivity contribution in [1.82, 2.24) is 24.6 Å². The Bertz CT molecular complexity index is 444. The second kappa shape index (κ2) is 6.35. The highest BCUT2D eigenvalue weighted by Gasteiger charge is 2.04. The molecule has 0 fully saturated rings. The van der Waals surface area contributed by atoms with Gasteiger partial charge in [-0.25, -0.2) is 4.98 Å². The first-order valence-electron chi connectivity index (χ1n) is 6.46. The van der Waals surface area contributed by atoms with Crippen molar-refractivity contribution in [2.75, 3.05) is 6.54 Å². The number of nitrogens with one attached hydrogen (secondary N) is 1. The Kier molecular flexibility index (Phi) is 4.52. The third-order valence-electron chi connectivity index (χ3n) is 2.88. The number of aromatic nitrogens is 4. The molecule has 2 aromatic heterocycles. The number of rotatable bonds is 7. The van der Waals surface area contributed by atoms with Crippen molar-refractivity contribution >= 4 is 0 Å². The van der Waals surface area contributed by atoms with E-state index in [-0.39, 0.29) is 0 Å². The van der Waals surface area contributed by atoms with Gasteiger partial charge in [-0.05, 0) is 32.9 Å². The summed E-state index contributed by atoms with van der Waals surface area (Å²) in [7, 11) is 0. The molecular weight excluding hydrogens is 226 g/mol. The molecular formula is C13H21N5. The number of nitrogens with zero attached hydrogens (tertiary/aromatic N) is 4. The zero-order valence-electron chi connectivity index (χ0n) is 11.1. The van der Waals surface area contributed by atoms with Gasteiger partial charge < -0.3 is 9.88 Å². The first kappa shape index (κ1) is 12.8. The van der Waals surface area contributed by atoms with Gasteiger partial charge in [0.2, 0.25) is 0 Å². The Morgan fingerprint density at radius 3 is 2.94 bits per heavy atom. The van der Waals surface area contributed by atoms with Crippen molar-refractivity contribution in [3.63, 3.8) is 0 Å². The molecule has 2 aromatic rings. The van der Waals surface area contributed by atoms with Gasteiger partial charge in [0.1, 0.15) is 0 Å². The molecule has 0 aliphatic carbocycles. The van der Waals surface area contributed by atoms with E-state index in [1.165, 1.54) is 5.69 Å². The lowest BCUT2D eigenvalue weighted by Gasteiger charge is -2.11. The Labute approximate surface area is 108 Å². The third kappa shape index (κ3) is 3.43. The van der Waals surface area contributed by atoms with E-state index in [0.717, 1.165) is 26.1 Å². The Morgan fingerprint density at radius 2 is 2.22 bits per heavy atom. The zero-order valence-corrected chi connectivity index (χ0v) is 11.1. The average molecular weight is 247 g/mol. The lowest BCUT2D eigenvalue weighted by atomic mass is 10.3. The Balaban J connectivity index is 1.67. The summed E-state index contributed by atoms with van der Waals surface area (Å²) in [6.45, 7) is 7.19. The van der Waals surface area contributed by atoms with Crippen molar-refractivity contribution < 1.29 is 0 Å². The maximum absolute atomic E-state index is 4.32. The van der Waals surface area contributed by atoms with Crippen LogP contribution in [0.25, 0.3) is 0 Å². The van der Waals surface area contributed by atoms with E-state index in [1.54, 1.807) is 0 Å². The number of hydrogen-bond donors (Lipinski definition) is 1. The maximum Gasteiger partial charge on any atom is 0.0945 e. The summed E-state index contributed by atoms with van der Waals surface area (Å²) in [6.07, 6.45) is 8.63. The van der Waals surface area contributed by atoms with E-state index >= 15 is 0 Å². The summed E-state index contributed by atoms with van der Waals surface area (Å²) in [5.74, 6) is 0. The number of aryl methyl sites for hydroxylation is 1. The van der Waals surface area contributed by atoms with Crippen LogP contribution in [-0.4, -0.2) is 25.9 Å². The quantitative estimate of drug-likeness (QED) is 0.759. The molecule has 0 bridgehead atoms. The van der Waals surface area contributed by atoms with Crippen molar-refractivity contribution in [3.8, 4) is 0 Å². The van der Waals surface area contributed by atoms with E-state index in [0.29, 0.717) is 6.04 Å². The van der Waals surface area contributed by atoms with Crippen LogP contribution in [0.3, 0.4) is 0 Å². The lowest BCUT2D eigenvalue weighted by molar-refractivity contribution is 0.490. The van der Waals surface area contributed by atoms with Crippen molar-refractivity contribution in [2.45, 2.75) is 39.4 Å². The SMILES string of the molecule is CC(C)n1nccc1CNCCCn1ccnc1. The second-order valence-electron chi connectivity index (χ2n) is 4.69. The van der Waals surface area contributed by atoms with Crippen LogP contribution in [-0.2, 0) is 13.1 Å². The standard InChI is InChI=1S/C13H21N5/c1-12(2)18-13(4-6-16-18)10-14-5-3-8-17-9-7-15-11-17/h4,6-7,9,11-12,14H,3,5,8,10H2,1-2H3. The summed E-state index contributed by atoms with van der Waals surface area (Å²) in [6, 6.07) is 2.49. The summed E-state index contributed by atoms with van der Waals surface area (Å²) in [4.78, 5) is 4.02. The van der Waals surface area contributed by atoms with Crippen molar-refractivity contribution in [1.29, 1.82) is 0 Å². The van der Waals surface area contributed by atoms with Gasteiger partial charge in [-0.2, -0.15) is 5.10 Å². The Morgan fingerprint density at radius 1 is 1.33 bits per heavy atom. The molecule has 18 heavy (non-hydrogen) atoms. The summed E-state index contributed by atoms with van der Waals surface area (Å²) >= 11 is 0. The van der Waals surface area contributed by atoms with Crippen LogP contribution in [0.4, 0.5) is 0 Å². The molecule has 5 heteroatoms. The Hall–Kier alpha value is -1.62. The molecule has 5 nitrogen and oxygen atoms in total. The fraction of sp³-hybridized carbons (Fsp3) is 0.538. The minimum Gasteiger partial charge on any atom is -0.337 e. The molecule has 0 atom stereocenters. The normalized spacial score (nSPS) is 11.3. The van der Waals surface area contributed by atoms with Crippen LogP contribution in [0.2, 0.25) is 0 Å². The monoisotopic (exact) mass is 247 g/mol. The summed E-state index contributed by atoms with van der Waals surface area (Å²) < 4.78 is 4.16. The molecule has 98 valence electrons. The molecule has 2 rings (SSSR count). The maximum atomic E-state index is 4.32. The van der Waals surface area contributed by atoms with Gasteiger partial charge in [0.15, 0.2) is 0 Å². The molecule has 0 saturated carbocycles. The van der Waals surface area contributed by atoms with Crippen LogP contribution in [0.1, 0.15) is 32.0 Å².